The summed E-state index contributed by atoms with van der Waals surface area (Å²) in [6, 6.07) is 8.62. The van der Waals surface area contributed by atoms with Crippen LogP contribution < -0.4 is 0 Å². The van der Waals surface area contributed by atoms with Crippen LogP contribution in [0.5, 0.6) is 0 Å². The number of carbonyl (C=O) groups is 3. The van der Waals surface area contributed by atoms with Crippen LogP contribution in [0, 0.1) is 0 Å². The molecule has 112 valence electrons. The second-order valence-corrected chi connectivity index (χ2v) is 5.56. The molecule has 0 saturated heterocycles. The van der Waals surface area contributed by atoms with Gasteiger partial charge in [0, 0.05) is 28.6 Å². The molecule has 0 unspecified atom stereocenters. The lowest BCUT2D eigenvalue weighted by Crippen LogP contribution is -2.40. The Morgan fingerprint density at radius 2 is 1.73 bits per heavy atom. The smallest absolute Gasteiger partial charge is 0.261 e. The van der Waals surface area contributed by atoms with Gasteiger partial charge in [-0.15, -0.1) is 0 Å². The minimum atomic E-state index is -0.266. The lowest BCUT2D eigenvalue weighted by atomic mass is 9.90. The molecule has 22 heavy (non-hydrogen) atoms. The number of carbonyl (C=O) groups excluding carboxylic acids is 3. The minimum absolute atomic E-state index is 0.0722. The van der Waals surface area contributed by atoms with E-state index in [4.69, 9.17) is 0 Å². The van der Waals surface area contributed by atoms with Gasteiger partial charge in [0.25, 0.3) is 11.8 Å². The van der Waals surface area contributed by atoms with E-state index in [1.54, 1.807) is 30.3 Å². The summed E-state index contributed by atoms with van der Waals surface area (Å²) >= 11 is 0. The molecular weight excluding hydrogens is 278 g/mol. The molecule has 2 aromatic rings. The number of Topliss-reactive ketones (excluding diaryl/α,β-unsaturated/α-hetero) is 1. The number of unbranched alkanes of at least 4 members (excludes halogenated alkanes) is 1. The molecule has 0 radical (unpaired) electrons. The van der Waals surface area contributed by atoms with Gasteiger partial charge in [0.1, 0.15) is 0 Å². The first-order valence-corrected chi connectivity index (χ1v) is 7.49. The molecule has 0 aromatic heterocycles. The summed E-state index contributed by atoms with van der Waals surface area (Å²) in [5.74, 6) is -0.605. The van der Waals surface area contributed by atoms with Crippen LogP contribution in [-0.4, -0.2) is 29.0 Å². The Hall–Kier alpha value is -2.49. The zero-order valence-electron chi connectivity index (χ0n) is 12.7. The van der Waals surface area contributed by atoms with Crippen molar-refractivity contribution < 1.29 is 14.4 Å². The van der Waals surface area contributed by atoms with Crippen molar-refractivity contribution in [3.05, 3.63) is 47.0 Å². The molecule has 0 N–H and O–H groups in total. The summed E-state index contributed by atoms with van der Waals surface area (Å²) in [7, 11) is 0. The molecule has 0 atom stereocenters. The van der Waals surface area contributed by atoms with E-state index in [-0.39, 0.29) is 17.6 Å². The number of hydrogen-bond acceptors (Lipinski definition) is 3. The molecule has 1 heterocycles. The van der Waals surface area contributed by atoms with E-state index in [1.807, 2.05) is 6.92 Å². The van der Waals surface area contributed by atoms with Crippen LogP contribution in [0.15, 0.2) is 30.3 Å². The first kappa shape index (κ1) is 14.4. The van der Waals surface area contributed by atoms with E-state index in [2.05, 4.69) is 0 Å². The highest BCUT2D eigenvalue weighted by Crippen LogP contribution is 2.32. The Balaban J connectivity index is 2.25. The van der Waals surface area contributed by atoms with Crippen LogP contribution >= 0.6 is 0 Å². The Bertz CT molecular complexity index is 785. The molecule has 4 nitrogen and oxygen atoms in total. The van der Waals surface area contributed by atoms with Crippen molar-refractivity contribution in [2.45, 2.75) is 26.7 Å². The van der Waals surface area contributed by atoms with Gasteiger partial charge in [-0.3, -0.25) is 19.3 Å². The van der Waals surface area contributed by atoms with Gasteiger partial charge in [0.2, 0.25) is 0 Å². The maximum atomic E-state index is 12.6. The van der Waals surface area contributed by atoms with Crippen LogP contribution in [0.4, 0.5) is 0 Å². The molecule has 0 spiro atoms. The maximum Gasteiger partial charge on any atom is 0.261 e. The van der Waals surface area contributed by atoms with Gasteiger partial charge in [0.05, 0.1) is 0 Å². The average Bonchev–Trinajstić information content (AvgIpc) is 2.51. The third kappa shape index (κ3) is 2.03. The highest BCUT2D eigenvalue weighted by Gasteiger charge is 2.32. The van der Waals surface area contributed by atoms with E-state index < -0.39 is 0 Å². The van der Waals surface area contributed by atoms with E-state index in [1.165, 1.54) is 11.8 Å². The predicted molar refractivity (Wildman–Crippen MR) is 84.2 cm³/mol. The van der Waals surface area contributed by atoms with Crippen LogP contribution in [0.25, 0.3) is 10.8 Å². The SMILES string of the molecule is CCCCN1C(=O)c2cccc3c(C(C)=O)ccc(c23)C1=O. The van der Waals surface area contributed by atoms with E-state index in [9.17, 15) is 14.4 Å². The molecule has 0 aliphatic carbocycles. The predicted octanol–water partition coefficient (Wildman–Crippen LogP) is 3.44. The molecule has 2 aromatic carbocycles. The fraction of sp³-hybridized carbons (Fsp3) is 0.278. The number of nitrogens with zero attached hydrogens (tertiary/aromatic N) is 1. The average molecular weight is 295 g/mol. The maximum absolute atomic E-state index is 12.6. The number of imide groups is 1. The highest BCUT2D eigenvalue weighted by molar-refractivity contribution is 6.27. The van der Waals surface area contributed by atoms with Crippen molar-refractivity contribution in [1.29, 1.82) is 0 Å². The topological polar surface area (TPSA) is 54.5 Å². The van der Waals surface area contributed by atoms with Gasteiger partial charge in [-0.1, -0.05) is 25.5 Å². The van der Waals surface area contributed by atoms with Gasteiger partial charge in [-0.2, -0.15) is 0 Å². The van der Waals surface area contributed by atoms with Crippen molar-refractivity contribution in [2.24, 2.45) is 0 Å². The third-order valence-electron chi connectivity index (χ3n) is 4.11. The van der Waals surface area contributed by atoms with Crippen LogP contribution in [0.3, 0.4) is 0 Å². The fourth-order valence-corrected chi connectivity index (χ4v) is 2.97. The molecule has 0 bridgehead atoms. The third-order valence-corrected chi connectivity index (χ3v) is 4.11. The molecule has 2 amide bonds. The molecule has 3 rings (SSSR count). The van der Waals surface area contributed by atoms with Crippen molar-refractivity contribution in [3.63, 3.8) is 0 Å². The Kier molecular flexibility index (Phi) is 3.53. The van der Waals surface area contributed by atoms with Crippen molar-refractivity contribution in [2.75, 3.05) is 6.54 Å². The standard InChI is InChI=1S/C18H17NO3/c1-3-4-10-19-17(21)14-7-5-6-13-12(11(2)20)8-9-15(16(13)14)18(19)22/h5-9H,3-4,10H2,1-2H3. The van der Waals surface area contributed by atoms with E-state index in [0.29, 0.717) is 34.0 Å². The molecule has 0 saturated carbocycles. The summed E-state index contributed by atoms with van der Waals surface area (Å²) in [6.45, 7) is 3.94. The number of hydrogen-bond donors (Lipinski definition) is 0. The highest BCUT2D eigenvalue weighted by atomic mass is 16.2. The normalized spacial score (nSPS) is 13.8. The number of amides is 2. The Morgan fingerprint density at radius 3 is 2.36 bits per heavy atom. The summed E-state index contributed by atoms with van der Waals surface area (Å²) < 4.78 is 0. The van der Waals surface area contributed by atoms with Gasteiger partial charge < -0.3 is 0 Å². The molecule has 1 aliphatic heterocycles. The number of ketones is 1. The van der Waals surface area contributed by atoms with E-state index in [0.717, 1.165) is 12.8 Å². The summed E-state index contributed by atoms with van der Waals surface area (Å²) in [5, 5.41) is 1.29. The van der Waals surface area contributed by atoms with Gasteiger partial charge in [-0.25, -0.2) is 0 Å². The van der Waals surface area contributed by atoms with Gasteiger partial charge in [-0.05, 0) is 36.9 Å². The second kappa shape index (κ2) is 5.37. The monoisotopic (exact) mass is 295 g/mol. The van der Waals surface area contributed by atoms with Crippen LogP contribution in [-0.2, 0) is 0 Å². The lowest BCUT2D eigenvalue weighted by Gasteiger charge is -2.27. The molecule has 0 fully saturated rings. The minimum Gasteiger partial charge on any atom is -0.294 e. The van der Waals surface area contributed by atoms with Crippen molar-refractivity contribution in [3.8, 4) is 0 Å². The van der Waals surface area contributed by atoms with Crippen LogP contribution in [0.2, 0.25) is 0 Å². The molecular formula is C18H17NO3. The number of benzene rings is 2. The lowest BCUT2D eigenvalue weighted by molar-refractivity contribution is 0.0608. The fourth-order valence-electron chi connectivity index (χ4n) is 2.97. The summed E-state index contributed by atoms with van der Waals surface area (Å²) in [5.41, 5.74) is 1.56. The summed E-state index contributed by atoms with van der Waals surface area (Å²) in [4.78, 5) is 38.3. The van der Waals surface area contributed by atoms with E-state index >= 15 is 0 Å². The Labute approximate surface area is 128 Å². The van der Waals surface area contributed by atoms with Crippen molar-refractivity contribution in [1.82, 2.24) is 4.90 Å². The van der Waals surface area contributed by atoms with Crippen molar-refractivity contribution >= 4 is 28.4 Å². The zero-order chi connectivity index (χ0) is 15.9. The first-order valence-electron chi connectivity index (χ1n) is 7.49. The van der Waals surface area contributed by atoms with Crippen LogP contribution in [0.1, 0.15) is 57.8 Å². The largest absolute Gasteiger partial charge is 0.294 e. The Morgan fingerprint density at radius 1 is 1.05 bits per heavy atom. The molecule has 4 heteroatoms. The second-order valence-electron chi connectivity index (χ2n) is 5.56. The summed E-state index contributed by atoms with van der Waals surface area (Å²) in [6.07, 6.45) is 1.70. The first-order chi connectivity index (χ1) is 10.6. The van der Waals surface area contributed by atoms with Gasteiger partial charge >= 0.3 is 0 Å². The zero-order valence-corrected chi connectivity index (χ0v) is 12.7. The molecule has 1 aliphatic rings. The van der Waals surface area contributed by atoms with Gasteiger partial charge in [0.15, 0.2) is 5.78 Å². The quantitative estimate of drug-likeness (QED) is 0.641. The number of rotatable bonds is 4.